The number of carboxylic acids is 1. The molecule has 3 amide bonds. The molecule has 0 fully saturated rings. The number of aromatic nitrogens is 4. The maximum atomic E-state index is 12.3. The van der Waals surface area contributed by atoms with E-state index < -0.39 is 23.6 Å². The number of tetrazole rings is 1. The highest BCUT2D eigenvalue weighted by Gasteiger charge is 2.16. The van der Waals surface area contributed by atoms with Gasteiger partial charge >= 0.3 is 12.1 Å². The summed E-state index contributed by atoms with van der Waals surface area (Å²) in [5.41, 5.74) is 0.525. The lowest BCUT2D eigenvalue weighted by molar-refractivity contribution is -0.138. The molecule has 0 atom stereocenters. The molecule has 0 saturated heterocycles. The highest BCUT2D eigenvalue weighted by Crippen LogP contribution is 2.12. The fourth-order valence-electron chi connectivity index (χ4n) is 3.31. The molecule has 0 aliphatic rings. The summed E-state index contributed by atoms with van der Waals surface area (Å²) in [6, 6.07) is 6.69. The zero-order chi connectivity index (χ0) is 32.9. The van der Waals surface area contributed by atoms with Crippen LogP contribution in [0.2, 0.25) is 0 Å². The first-order chi connectivity index (χ1) is 21.5. The van der Waals surface area contributed by atoms with Crippen LogP contribution in [0.3, 0.4) is 0 Å². The van der Waals surface area contributed by atoms with Crippen LogP contribution in [0.4, 0.5) is 10.5 Å². The quantitative estimate of drug-likeness (QED) is 0.134. The number of carboxylic acid groups (broad SMARTS) is 1. The van der Waals surface area contributed by atoms with Crippen molar-refractivity contribution < 1.29 is 48.0 Å². The Morgan fingerprint density at radius 1 is 0.800 bits per heavy atom. The van der Waals surface area contributed by atoms with Gasteiger partial charge in [-0.05, 0) is 56.7 Å². The summed E-state index contributed by atoms with van der Waals surface area (Å²) in [4.78, 5) is 47.7. The van der Waals surface area contributed by atoms with E-state index in [4.69, 9.17) is 28.8 Å². The number of hydrogen-bond acceptors (Lipinski definition) is 12. The van der Waals surface area contributed by atoms with Gasteiger partial charge < -0.3 is 44.7 Å². The molecule has 17 heteroatoms. The Morgan fingerprint density at radius 3 is 2.00 bits per heavy atom. The minimum Gasteiger partial charge on any atom is -0.481 e. The Bertz CT molecular complexity index is 1190. The minimum absolute atomic E-state index is 0.0342. The molecule has 45 heavy (non-hydrogen) atoms. The van der Waals surface area contributed by atoms with Crippen LogP contribution >= 0.6 is 0 Å². The number of ether oxygens (including phenoxy) is 5. The van der Waals surface area contributed by atoms with Gasteiger partial charge in [-0.25, -0.2) is 4.79 Å². The molecule has 0 saturated carbocycles. The van der Waals surface area contributed by atoms with Crippen molar-refractivity contribution >= 4 is 29.6 Å². The molecule has 0 aliphatic heterocycles. The Balaban J connectivity index is 1.54. The molecule has 2 aromatic rings. The number of carbonyl (C=O) groups excluding carboxylic acids is 3. The predicted molar refractivity (Wildman–Crippen MR) is 159 cm³/mol. The smallest absolute Gasteiger partial charge is 0.407 e. The van der Waals surface area contributed by atoms with Crippen LogP contribution < -0.4 is 16.0 Å². The van der Waals surface area contributed by atoms with Gasteiger partial charge in [0.25, 0.3) is 11.7 Å². The maximum Gasteiger partial charge on any atom is 0.407 e. The highest BCUT2D eigenvalue weighted by atomic mass is 16.6. The molecule has 2 rings (SSSR count). The number of anilines is 1. The molecule has 4 N–H and O–H groups in total. The van der Waals surface area contributed by atoms with Crippen LogP contribution in [0.1, 0.15) is 50.7 Å². The van der Waals surface area contributed by atoms with Crippen molar-refractivity contribution in [2.75, 3.05) is 71.3 Å². The molecule has 0 bridgehead atoms. The number of benzene rings is 1. The summed E-state index contributed by atoms with van der Waals surface area (Å²) in [6.45, 7) is 8.43. The van der Waals surface area contributed by atoms with E-state index in [1.54, 1.807) is 45.0 Å². The second kappa shape index (κ2) is 20.7. The summed E-state index contributed by atoms with van der Waals surface area (Å²) < 4.78 is 26.3. The zero-order valence-corrected chi connectivity index (χ0v) is 25.9. The lowest BCUT2D eigenvalue weighted by atomic mass is 10.2. The van der Waals surface area contributed by atoms with E-state index in [1.807, 2.05) is 0 Å². The molecule has 1 aromatic heterocycles. The minimum atomic E-state index is -0.901. The average Bonchev–Trinajstić information content (AvgIpc) is 3.47. The van der Waals surface area contributed by atoms with Crippen LogP contribution in [-0.4, -0.2) is 121 Å². The Morgan fingerprint density at radius 2 is 1.40 bits per heavy atom. The second-order valence-corrected chi connectivity index (χ2v) is 10.4. The van der Waals surface area contributed by atoms with E-state index in [2.05, 4.69) is 31.4 Å². The maximum absolute atomic E-state index is 12.3. The van der Waals surface area contributed by atoms with Crippen molar-refractivity contribution in [2.45, 2.75) is 45.6 Å². The Kier molecular flexibility index (Phi) is 17.0. The van der Waals surface area contributed by atoms with Crippen molar-refractivity contribution in [3.8, 4) is 5.69 Å². The standard InChI is InChI=1S/C28H43N7O10/c1-28(2,3)45-27(40)30-11-4-5-23(36)31-21-6-8-22(9-7-21)35-33-25(32-34-35)26(39)29-12-14-42-16-18-44-20-19-43-17-15-41-13-10-24(37)38/h6-9H,4-5,10-20H2,1-3H3,(H,29,39)(H,30,40)(H,31,36)(H,37,38). The number of hydrogen-bond donors (Lipinski definition) is 4. The average molecular weight is 638 g/mol. The fraction of sp³-hybridized carbons (Fsp3) is 0.607. The topological polar surface area (TPSA) is 214 Å². The van der Waals surface area contributed by atoms with E-state index >= 15 is 0 Å². The normalized spacial score (nSPS) is 11.2. The summed E-state index contributed by atoms with van der Waals surface area (Å²) in [7, 11) is 0. The predicted octanol–water partition coefficient (Wildman–Crippen LogP) is 1.18. The summed E-state index contributed by atoms with van der Waals surface area (Å²) in [5.74, 6) is -1.72. The van der Waals surface area contributed by atoms with Crippen LogP contribution in [0, 0.1) is 0 Å². The third-order valence-corrected chi connectivity index (χ3v) is 5.36. The van der Waals surface area contributed by atoms with Gasteiger partial charge in [-0.3, -0.25) is 14.4 Å². The van der Waals surface area contributed by atoms with Crippen LogP contribution in [0.25, 0.3) is 5.69 Å². The van der Waals surface area contributed by atoms with E-state index in [9.17, 15) is 19.2 Å². The molecular weight excluding hydrogens is 594 g/mol. The first kappa shape index (κ1) is 37.0. The van der Waals surface area contributed by atoms with Crippen LogP contribution in [0.5, 0.6) is 0 Å². The molecule has 1 heterocycles. The molecule has 1 aromatic carbocycles. The van der Waals surface area contributed by atoms with Gasteiger partial charge in [0.2, 0.25) is 5.91 Å². The van der Waals surface area contributed by atoms with Gasteiger partial charge in [0.05, 0.1) is 65.0 Å². The van der Waals surface area contributed by atoms with Gasteiger partial charge in [0, 0.05) is 25.2 Å². The van der Waals surface area contributed by atoms with E-state index in [-0.39, 0.29) is 44.3 Å². The van der Waals surface area contributed by atoms with Gasteiger partial charge in [0.1, 0.15) is 5.60 Å². The summed E-state index contributed by atoms with van der Waals surface area (Å²) >= 11 is 0. The third-order valence-electron chi connectivity index (χ3n) is 5.36. The molecule has 0 unspecified atom stereocenters. The largest absolute Gasteiger partial charge is 0.481 e. The second-order valence-electron chi connectivity index (χ2n) is 10.4. The first-order valence-corrected chi connectivity index (χ1v) is 14.5. The number of alkyl carbamates (subject to hydrolysis) is 1. The first-order valence-electron chi connectivity index (χ1n) is 14.5. The lowest BCUT2D eigenvalue weighted by Crippen LogP contribution is -2.33. The monoisotopic (exact) mass is 637 g/mol. The van der Waals surface area contributed by atoms with Gasteiger partial charge in [-0.2, -0.15) is 0 Å². The Labute approximate surface area is 261 Å². The number of nitrogens with zero attached hydrogens (tertiary/aromatic N) is 4. The SMILES string of the molecule is CC(C)(C)OC(=O)NCCCC(=O)Nc1ccc(-n2nnc(C(=O)NCCOCCOCCOCCOCCC(=O)O)n2)cc1. The molecule has 17 nitrogen and oxygen atoms in total. The van der Waals surface area contributed by atoms with Crippen molar-refractivity contribution in [2.24, 2.45) is 0 Å². The molecule has 0 radical (unpaired) electrons. The van der Waals surface area contributed by atoms with Crippen molar-refractivity contribution in [3.63, 3.8) is 0 Å². The summed E-state index contributed by atoms with van der Waals surface area (Å²) in [5, 5.41) is 28.3. The van der Waals surface area contributed by atoms with E-state index in [1.165, 1.54) is 4.80 Å². The number of aliphatic carboxylic acids is 1. The molecular formula is C28H43N7O10. The Hall–Kier alpha value is -4.19. The van der Waals surface area contributed by atoms with Gasteiger partial charge in [-0.1, -0.05) is 0 Å². The van der Waals surface area contributed by atoms with Crippen LogP contribution in [0.15, 0.2) is 24.3 Å². The van der Waals surface area contributed by atoms with Crippen LogP contribution in [-0.2, 0) is 33.3 Å². The van der Waals surface area contributed by atoms with Gasteiger partial charge in [0.15, 0.2) is 0 Å². The lowest BCUT2D eigenvalue weighted by Gasteiger charge is -2.19. The third kappa shape index (κ3) is 17.6. The molecule has 250 valence electrons. The highest BCUT2D eigenvalue weighted by molar-refractivity contribution is 5.91. The number of rotatable bonds is 22. The van der Waals surface area contributed by atoms with Crippen molar-refractivity contribution in [1.82, 2.24) is 30.8 Å². The number of carbonyl (C=O) groups is 4. The van der Waals surface area contributed by atoms with E-state index in [0.717, 1.165) is 0 Å². The number of amides is 3. The van der Waals surface area contributed by atoms with E-state index in [0.29, 0.717) is 64.0 Å². The van der Waals surface area contributed by atoms with Gasteiger partial charge in [-0.15, -0.1) is 15.0 Å². The zero-order valence-electron chi connectivity index (χ0n) is 25.9. The van der Waals surface area contributed by atoms with Crippen molar-refractivity contribution in [1.29, 1.82) is 0 Å². The fourth-order valence-corrected chi connectivity index (χ4v) is 3.31. The summed E-state index contributed by atoms with van der Waals surface area (Å²) in [6.07, 6.45) is 0.107. The van der Waals surface area contributed by atoms with Crippen molar-refractivity contribution in [3.05, 3.63) is 30.1 Å². The number of nitrogens with one attached hydrogen (secondary N) is 3. The molecule has 0 spiro atoms. The molecule has 0 aliphatic carbocycles.